The molecule has 0 spiro atoms. The first-order valence-electron chi connectivity index (χ1n) is 12.4. The smallest absolute Gasteiger partial charge is 0.291 e. The van der Waals surface area contributed by atoms with Crippen molar-refractivity contribution in [1.29, 1.82) is 0 Å². The Hall–Kier alpha value is -3.13. The number of sulfone groups is 1. The molecular weight excluding hydrogens is 478 g/mol. The molecular formula is C28H31NO6S. The van der Waals surface area contributed by atoms with Gasteiger partial charge >= 0.3 is 0 Å². The second-order valence-corrected chi connectivity index (χ2v) is 12.6. The van der Waals surface area contributed by atoms with E-state index in [1.54, 1.807) is 17.0 Å². The monoisotopic (exact) mass is 509 g/mol. The summed E-state index contributed by atoms with van der Waals surface area (Å²) in [7, 11) is -3.26. The minimum Gasteiger partial charge on any atom is -0.494 e. The Balaban J connectivity index is 1.66. The molecule has 1 aromatic heterocycles. The number of nitrogens with zero attached hydrogens (tertiary/aromatic N) is 1. The van der Waals surface area contributed by atoms with E-state index in [9.17, 15) is 18.0 Å². The van der Waals surface area contributed by atoms with Gasteiger partial charge in [-0.2, -0.15) is 0 Å². The highest BCUT2D eigenvalue weighted by atomic mass is 32.2. The maximum Gasteiger partial charge on any atom is 0.291 e. The molecule has 1 saturated heterocycles. The topological polar surface area (TPSA) is 93.9 Å². The number of carbonyl (C=O) groups is 1. The molecule has 3 heterocycles. The van der Waals surface area contributed by atoms with Crippen LogP contribution in [-0.4, -0.2) is 43.4 Å². The zero-order chi connectivity index (χ0) is 25.8. The first kappa shape index (κ1) is 24.6. The van der Waals surface area contributed by atoms with E-state index in [1.165, 1.54) is 0 Å². The highest BCUT2D eigenvalue weighted by Gasteiger charge is 2.48. The minimum atomic E-state index is -3.26. The van der Waals surface area contributed by atoms with Crippen molar-refractivity contribution in [2.45, 2.75) is 52.6 Å². The van der Waals surface area contributed by atoms with E-state index in [1.807, 2.05) is 38.1 Å². The summed E-state index contributed by atoms with van der Waals surface area (Å²) in [6.07, 6.45) is 1.23. The summed E-state index contributed by atoms with van der Waals surface area (Å²) in [4.78, 5) is 29.1. The van der Waals surface area contributed by atoms with Gasteiger partial charge in [-0.25, -0.2) is 8.42 Å². The van der Waals surface area contributed by atoms with Crippen LogP contribution in [0.15, 0.2) is 45.6 Å². The fourth-order valence-corrected chi connectivity index (χ4v) is 6.84. The van der Waals surface area contributed by atoms with Gasteiger partial charge in [0.05, 0.1) is 35.1 Å². The molecule has 2 atom stereocenters. The number of ether oxygens (including phenoxy) is 1. The third-order valence-electron chi connectivity index (χ3n) is 7.26. The SMILES string of the molecule is Cc1cc2oc3c(c(=O)c2cc1C)C(c1cccc(OCCC(C)C)c1)N(C1CCS(=O)(=O)C1)C3=O. The van der Waals surface area contributed by atoms with Crippen molar-refractivity contribution >= 4 is 26.7 Å². The molecule has 36 heavy (non-hydrogen) atoms. The predicted molar refractivity (Wildman–Crippen MR) is 138 cm³/mol. The molecule has 2 aromatic carbocycles. The van der Waals surface area contributed by atoms with Crippen molar-refractivity contribution in [3.8, 4) is 5.75 Å². The lowest BCUT2D eigenvalue weighted by Crippen LogP contribution is -2.40. The molecule has 0 radical (unpaired) electrons. The Labute approximate surface area is 211 Å². The minimum absolute atomic E-state index is 0.00354. The number of fused-ring (bicyclic) bond motifs is 2. The molecule has 2 aliphatic rings. The summed E-state index contributed by atoms with van der Waals surface area (Å²) < 4.78 is 36.7. The first-order chi connectivity index (χ1) is 17.1. The van der Waals surface area contributed by atoms with Crippen LogP contribution in [0, 0.1) is 19.8 Å². The van der Waals surface area contributed by atoms with Gasteiger partial charge in [-0.1, -0.05) is 26.0 Å². The molecule has 1 amide bonds. The molecule has 0 saturated carbocycles. The molecule has 0 bridgehead atoms. The average Bonchev–Trinajstić information content (AvgIpc) is 3.31. The van der Waals surface area contributed by atoms with Gasteiger partial charge in [0.25, 0.3) is 5.91 Å². The number of rotatable bonds is 6. The lowest BCUT2D eigenvalue weighted by Gasteiger charge is -2.30. The van der Waals surface area contributed by atoms with E-state index in [2.05, 4.69) is 13.8 Å². The van der Waals surface area contributed by atoms with Crippen molar-refractivity contribution in [2.24, 2.45) is 5.92 Å². The normalized spacial score (nSPS) is 20.9. The number of aryl methyl sites for hydroxylation is 2. The van der Waals surface area contributed by atoms with Crippen LogP contribution < -0.4 is 10.2 Å². The molecule has 5 rings (SSSR count). The summed E-state index contributed by atoms with van der Waals surface area (Å²) in [5.74, 6) is 0.586. The fourth-order valence-electron chi connectivity index (χ4n) is 5.13. The molecule has 1 fully saturated rings. The maximum atomic E-state index is 13.8. The molecule has 0 aliphatic carbocycles. The Kier molecular flexibility index (Phi) is 6.19. The van der Waals surface area contributed by atoms with Crippen LogP contribution in [0.25, 0.3) is 11.0 Å². The van der Waals surface area contributed by atoms with Crippen molar-refractivity contribution in [1.82, 2.24) is 4.90 Å². The van der Waals surface area contributed by atoms with Crippen molar-refractivity contribution in [2.75, 3.05) is 18.1 Å². The molecule has 2 aliphatic heterocycles. The highest BCUT2D eigenvalue weighted by molar-refractivity contribution is 7.91. The first-order valence-corrected chi connectivity index (χ1v) is 14.2. The van der Waals surface area contributed by atoms with Gasteiger partial charge in [0.15, 0.2) is 15.3 Å². The van der Waals surface area contributed by atoms with Gasteiger partial charge in [-0.15, -0.1) is 0 Å². The highest BCUT2D eigenvalue weighted by Crippen LogP contribution is 2.42. The van der Waals surface area contributed by atoms with E-state index in [4.69, 9.17) is 9.15 Å². The maximum absolute atomic E-state index is 13.8. The molecule has 7 nitrogen and oxygen atoms in total. The third kappa shape index (κ3) is 4.32. The molecule has 0 N–H and O–H groups in total. The Morgan fingerprint density at radius 2 is 1.86 bits per heavy atom. The van der Waals surface area contributed by atoms with Crippen LogP contribution in [-0.2, 0) is 9.84 Å². The summed E-state index contributed by atoms with van der Waals surface area (Å²) >= 11 is 0. The van der Waals surface area contributed by atoms with Crippen LogP contribution in [0.5, 0.6) is 5.75 Å². The van der Waals surface area contributed by atoms with Gasteiger partial charge in [0.2, 0.25) is 5.76 Å². The quantitative estimate of drug-likeness (QED) is 0.483. The largest absolute Gasteiger partial charge is 0.494 e. The van der Waals surface area contributed by atoms with E-state index in [-0.39, 0.29) is 28.3 Å². The van der Waals surface area contributed by atoms with Crippen LogP contribution >= 0.6 is 0 Å². The van der Waals surface area contributed by atoms with Gasteiger partial charge in [-0.05, 0) is 73.6 Å². The van der Waals surface area contributed by atoms with E-state index in [0.717, 1.165) is 17.5 Å². The summed E-state index contributed by atoms with van der Waals surface area (Å²) in [6.45, 7) is 8.66. The van der Waals surface area contributed by atoms with Gasteiger partial charge in [0, 0.05) is 6.04 Å². The standard InChI is InChI=1S/C28H31NO6S/c1-16(2)8-10-34-21-7-5-6-19(14-21)25-24-26(30)22-12-17(3)18(4)13-23(22)35-27(24)28(31)29(25)20-9-11-36(32,33)15-20/h5-7,12-14,16,20,25H,8-11,15H2,1-4H3. The van der Waals surface area contributed by atoms with E-state index in [0.29, 0.717) is 41.2 Å². The molecule has 2 unspecified atom stereocenters. The van der Waals surface area contributed by atoms with Crippen molar-refractivity contribution in [3.05, 3.63) is 74.6 Å². The third-order valence-corrected chi connectivity index (χ3v) is 9.01. The number of hydrogen-bond acceptors (Lipinski definition) is 6. The Morgan fingerprint density at radius 3 is 2.56 bits per heavy atom. The second-order valence-electron chi connectivity index (χ2n) is 10.4. The number of benzene rings is 2. The zero-order valence-electron chi connectivity index (χ0n) is 21.0. The zero-order valence-corrected chi connectivity index (χ0v) is 21.9. The number of hydrogen-bond donors (Lipinski definition) is 0. The van der Waals surface area contributed by atoms with Crippen LogP contribution in [0.3, 0.4) is 0 Å². The molecule has 190 valence electrons. The number of amides is 1. The van der Waals surface area contributed by atoms with Crippen LogP contribution in [0.4, 0.5) is 0 Å². The predicted octanol–water partition coefficient (Wildman–Crippen LogP) is 4.57. The average molecular weight is 510 g/mol. The lowest BCUT2D eigenvalue weighted by molar-refractivity contribution is 0.0662. The summed E-state index contributed by atoms with van der Waals surface area (Å²) in [5, 5.41) is 0.417. The van der Waals surface area contributed by atoms with Crippen LogP contribution in [0.1, 0.15) is 65.5 Å². The Morgan fingerprint density at radius 1 is 1.11 bits per heavy atom. The lowest BCUT2D eigenvalue weighted by atomic mass is 9.96. The molecule has 3 aromatic rings. The van der Waals surface area contributed by atoms with E-state index < -0.39 is 27.8 Å². The summed E-state index contributed by atoms with van der Waals surface area (Å²) in [6, 6.07) is 9.67. The van der Waals surface area contributed by atoms with Crippen molar-refractivity contribution < 1.29 is 22.4 Å². The Bertz CT molecular complexity index is 1520. The second kappa shape index (κ2) is 9.07. The fraction of sp³-hybridized carbons (Fsp3) is 0.429. The van der Waals surface area contributed by atoms with Gasteiger partial charge in [-0.3, -0.25) is 9.59 Å². The molecule has 8 heteroatoms. The van der Waals surface area contributed by atoms with Gasteiger partial charge in [0.1, 0.15) is 11.3 Å². The summed E-state index contributed by atoms with van der Waals surface area (Å²) in [5.41, 5.74) is 2.97. The van der Waals surface area contributed by atoms with Gasteiger partial charge < -0.3 is 14.1 Å². The number of carbonyl (C=O) groups excluding carboxylic acids is 1. The van der Waals surface area contributed by atoms with E-state index >= 15 is 0 Å². The van der Waals surface area contributed by atoms with Crippen molar-refractivity contribution in [3.63, 3.8) is 0 Å². The van der Waals surface area contributed by atoms with Crippen LogP contribution in [0.2, 0.25) is 0 Å².